The lowest BCUT2D eigenvalue weighted by Gasteiger charge is -2.09. The Balaban J connectivity index is 2.00. The Morgan fingerprint density at radius 3 is 2.50 bits per heavy atom. The lowest BCUT2D eigenvalue weighted by atomic mass is 9.96. The van der Waals surface area contributed by atoms with Gasteiger partial charge < -0.3 is 5.73 Å². The molecule has 0 fully saturated rings. The molecule has 0 aliphatic heterocycles. The van der Waals surface area contributed by atoms with Crippen LogP contribution in [0.2, 0.25) is 0 Å². The van der Waals surface area contributed by atoms with Gasteiger partial charge in [-0.2, -0.15) is 0 Å². The normalized spacial score (nSPS) is 14.6. The minimum atomic E-state index is 0.893. The van der Waals surface area contributed by atoms with Crippen molar-refractivity contribution in [3.05, 3.63) is 71.4 Å². The first-order chi connectivity index (χ1) is 8.83. The zero-order valence-corrected chi connectivity index (χ0v) is 10.4. The summed E-state index contributed by atoms with van der Waals surface area (Å²) in [6.45, 7) is 0. The van der Waals surface area contributed by atoms with Crippen molar-refractivity contribution >= 4 is 0 Å². The Bertz CT molecular complexity index is 582. The SMILES string of the molecule is NC1=CCCc2cc(-c3ccccc3)ccc2C1. The maximum atomic E-state index is 5.96. The summed E-state index contributed by atoms with van der Waals surface area (Å²) >= 11 is 0. The van der Waals surface area contributed by atoms with Crippen molar-refractivity contribution < 1.29 is 0 Å². The van der Waals surface area contributed by atoms with Crippen LogP contribution < -0.4 is 5.73 Å². The summed E-state index contributed by atoms with van der Waals surface area (Å²) < 4.78 is 0. The van der Waals surface area contributed by atoms with E-state index in [1.54, 1.807) is 0 Å². The van der Waals surface area contributed by atoms with Crippen LogP contribution in [0, 0.1) is 0 Å². The highest BCUT2D eigenvalue weighted by Gasteiger charge is 2.09. The number of rotatable bonds is 1. The van der Waals surface area contributed by atoms with Crippen molar-refractivity contribution in [3.63, 3.8) is 0 Å². The molecule has 1 heteroatoms. The number of fused-ring (bicyclic) bond motifs is 1. The van der Waals surface area contributed by atoms with Crippen LogP contribution >= 0.6 is 0 Å². The van der Waals surface area contributed by atoms with E-state index in [1.807, 2.05) is 0 Å². The second-order valence-corrected chi connectivity index (χ2v) is 4.84. The summed E-state index contributed by atoms with van der Waals surface area (Å²) in [7, 11) is 0. The van der Waals surface area contributed by atoms with E-state index in [0.717, 1.165) is 25.0 Å². The molecule has 0 amide bonds. The lowest BCUT2D eigenvalue weighted by Crippen LogP contribution is -2.01. The van der Waals surface area contributed by atoms with E-state index in [9.17, 15) is 0 Å². The van der Waals surface area contributed by atoms with Gasteiger partial charge in [-0.05, 0) is 35.1 Å². The minimum absolute atomic E-state index is 0.893. The summed E-state index contributed by atoms with van der Waals surface area (Å²) in [6, 6.07) is 17.3. The molecule has 0 atom stereocenters. The summed E-state index contributed by atoms with van der Waals surface area (Å²) in [5.41, 5.74) is 12.4. The van der Waals surface area contributed by atoms with E-state index >= 15 is 0 Å². The van der Waals surface area contributed by atoms with Gasteiger partial charge in [-0.3, -0.25) is 0 Å². The molecule has 2 aromatic carbocycles. The standard InChI is InChI=1S/C17H17N/c18-17-8-4-7-14-11-15(9-10-16(14)12-17)13-5-2-1-3-6-13/h1-3,5-6,8-11H,4,7,12,18H2. The van der Waals surface area contributed by atoms with Crippen molar-refractivity contribution in [3.8, 4) is 11.1 Å². The minimum Gasteiger partial charge on any atom is -0.402 e. The zero-order valence-electron chi connectivity index (χ0n) is 10.4. The third-order valence-electron chi connectivity index (χ3n) is 3.53. The molecule has 0 saturated heterocycles. The van der Waals surface area contributed by atoms with Gasteiger partial charge in [0.05, 0.1) is 0 Å². The molecular weight excluding hydrogens is 218 g/mol. The molecule has 0 heterocycles. The summed E-state index contributed by atoms with van der Waals surface area (Å²) in [4.78, 5) is 0. The van der Waals surface area contributed by atoms with Crippen molar-refractivity contribution in [1.29, 1.82) is 0 Å². The highest BCUT2D eigenvalue weighted by atomic mass is 14.6. The van der Waals surface area contributed by atoms with Gasteiger partial charge in [0.25, 0.3) is 0 Å². The Kier molecular flexibility index (Phi) is 2.89. The molecule has 0 spiro atoms. The fraction of sp³-hybridized carbons (Fsp3) is 0.176. The third kappa shape index (κ3) is 2.17. The second kappa shape index (κ2) is 4.69. The van der Waals surface area contributed by atoms with E-state index in [4.69, 9.17) is 5.73 Å². The average molecular weight is 235 g/mol. The predicted molar refractivity (Wildman–Crippen MR) is 76.2 cm³/mol. The number of aryl methyl sites for hydroxylation is 1. The fourth-order valence-electron chi connectivity index (χ4n) is 2.55. The van der Waals surface area contributed by atoms with E-state index in [0.29, 0.717) is 0 Å². The highest BCUT2D eigenvalue weighted by molar-refractivity contribution is 5.65. The average Bonchev–Trinajstić information content (AvgIpc) is 2.59. The van der Waals surface area contributed by atoms with Gasteiger partial charge in [-0.1, -0.05) is 54.6 Å². The van der Waals surface area contributed by atoms with E-state index < -0.39 is 0 Å². The maximum Gasteiger partial charge on any atom is 0.0120 e. The van der Waals surface area contributed by atoms with E-state index in [2.05, 4.69) is 54.6 Å². The number of allylic oxidation sites excluding steroid dienone is 2. The van der Waals surface area contributed by atoms with Crippen molar-refractivity contribution in [2.75, 3.05) is 0 Å². The molecule has 0 aromatic heterocycles. The first kappa shape index (κ1) is 11.1. The molecule has 0 saturated carbocycles. The van der Waals surface area contributed by atoms with Gasteiger partial charge in [0.2, 0.25) is 0 Å². The Labute approximate surface area is 108 Å². The van der Waals surface area contributed by atoms with Crippen LogP contribution in [0.3, 0.4) is 0 Å². The van der Waals surface area contributed by atoms with Crippen LogP contribution in [-0.2, 0) is 12.8 Å². The van der Waals surface area contributed by atoms with Crippen molar-refractivity contribution in [2.24, 2.45) is 5.73 Å². The molecule has 1 aliphatic rings. The van der Waals surface area contributed by atoms with E-state index in [1.165, 1.54) is 22.3 Å². The summed E-state index contributed by atoms with van der Waals surface area (Å²) in [5, 5.41) is 0. The van der Waals surface area contributed by atoms with Gasteiger partial charge in [0.1, 0.15) is 0 Å². The monoisotopic (exact) mass is 235 g/mol. The van der Waals surface area contributed by atoms with Gasteiger partial charge in [0, 0.05) is 12.1 Å². The Morgan fingerprint density at radius 2 is 1.67 bits per heavy atom. The first-order valence-corrected chi connectivity index (χ1v) is 6.44. The number of hydrogen-bond acceptors (Lipinski definition) is 1. The maximum absolute atomic E-state index is 5.96. The molecule has 18 heavy (non-hydrogen) atoms. The van der Waals surface area contributed by atoms with Crippen molar-refractivity contribution in [2.45, 2.75) is 19.3 Å². The Hall–Kier alpha value is -2.02. The number of nitrogens with two attached hydrogens (primary N) is 1. The van der Waals surface area contributed by atoms with Gasteiger partial charge >= 0.3 is 0 Å². The summed E-state index contributed by atoms with van der Waals surface area (Å²) in [6.07, 6.45) is 5.19. The lowest BCUT2D eigenvalue weighted by molar-refractivity contribution is 1.00. The van der Waals surface area contributed by atoms with Gasteiger partial charge in [-0.25, -0.2) is 0 Å². The molecule has 90 valence electrons. The quantitative estimate of drug-likeness (QED) is 0.801. The molecule has 0 radical (unpaired) electrons. The summed E-state index contributed by atoms with van der Waals surface area (Å²) in [5.74, 6) is 0. The zero-order chi connectivity index (χ0) is 12.4. The molecule has 0 bridgehead atoms. The predicted octanol–water partition coefficient (Wildman–Crippen LogP) is 3.68. The fourth-order valence-corrected chi connectivity index (χ4v) is 2.55. The van der Waals surface area contributed by atoms with Crippen LogP contribution in [0.25, 0.3) is 11.1 Å². The molecule has 1 nitrogen and oxygen atoms in total. The van der Waals surface area contributed by atoms with Gasteiger partial charge in [0.15, 0.2) is 0 Å². The van der Waals surface area contributed by atoms with Crippen molar-refractivity contribution in [1.82, 2.24) is 0 Å². The van der Waals surface area contributed by atoms with Gasteiger partial charge in [-0.15, -0.1) is 0 Å². The molecule has 1 aliphatic carbocycles. The third-order valence-corrected chi connectivity index (χ3v) is 3.53. The number of hydrogen-bond donors (Lipinski definition) is 1. The Morgan fingerprint density at radius 1 is 0.833 bits per heavy atom. The van der Waals surface area contributed by atoms with Crippen LogP contribution in [0.4, 0.5) is 0 Å². The first-order valence-electron chi connectivity index (χ1n) is 6.44. The molecule has 3 rings (SSSR count). The molecule has 2 N–H and O–H groups in total. The second-order valence-electron chi connectivity index (χ2n) is 4.84. The molecular formula is C17H17N. The largest absolute Gasteiger partial charge is 0.402 e. The smallest absolute Gasteiger partial charge is 0.0120 e. The van der Waals surface area contributed by atoms with Crippen LogP contribution in [0.15, 0.2) is 60.3 Å². The molecule has 0 unspecified atom stereocenters. The number of benzene rings is 2. The van der Waals surface area contributed by atoms with E-state index in [-0.39, 0.29) is 0 Å². The van der Waals surface area contributed by atoms with Crippen LogP contribution in [0.1, 0.15) is 17.5 Å². The van der Waals surface area contributed by atoms with Crippen LogP contribution in [0.5, 0.6) is 0 Å². The van der Waals surface area contributed by atoms with Crippen LogP contribution in [-0.4, -0.2) is 0 Å². The highest BCUT2D eigenvalue weighted by Crippen LogP contribution is 2.26. The topological polar surface area (TPSA) is 26.0 Å². The molecule has 2 aromatic rings.